The van der Waals surface area contributed by atoms with Crippen LogP contribution in [0.5, 0.6) is 0 Å². The van der Waals surface area contributed by atoms with Crippen molar-refractivity contribution in [1.29, 1.82) is 5.26 Å². The van der Waals surface area contributed by atoms with Crippen LogP contribution in [0.1, 0.15) is 21.5 Å². The Hall–Kier alpha value is -2.12. The van der Waals surface area contributed by atoms with E-state index in [1.54, 1.807) is 36.4 Å². The van der Waals surface area contributed by atoms with Crippen molar-refractivity contribution in [1.82, 2.24) is 0 Å². The summed E-state index contributed by atoms with van der Waals surface area (Å²) in [5.74, 6) is -0.408. The Kier molecular flexibility index (Phi) is 4.32. The van der Waals surface area contributed by atoms with E-state index >= 15 is 0 Å². The van der Waals surface area contributed by atoms with Crippen molar-refractivity contribution in [2.75, 3.05) is 0 Å². The molecule has 0 spiro atoms. The van der Waals surface area contributed by atoms with Gasteiger partial charge < -0.3 is 4.74 Å². The smallest absolute Gasteiger partial charge is 0.338 e. The number of nitrogens with zero attached hydrogens (tertiary/aromatic N) is 1. The fraction of sp³-hybridized carbons (Fsp3) is 0.0667. The first kappa shape index (κ1) is 13.3. The van der Waals surface area contributed by atoms with Crippen LogP contribution in [0, 0.1) is 11.3 Å². The third kappa shape index (κ3) is 3.43. The topological polar surface area (TPSA) is 50.1 Å². The summed E-state index contributed by atoms with van der Waals surface area (Å²) in [5.41, 5.74) is 1.70. The number of rotatable bonds is 3. The summed E-state index contributed by atoms with van der Waals surface area (Å²) < 4.78 is 6.02. The quantitative estimate of drug-likeness (QED) is 0.812. The number of carbonyl (C=O) groups is 1. The summed E-state index contributed by atoms with van der Waals surface area (Å²) in [7, 11) is 0. The molecule has 0 amide bonds. The summed E-state index contributed by atoms with van der Waals surface area (Å²) in [6.07, 6.45) is 0. The molecule has 3 nitrogen and oxygen atoms in total. The van der Waals surface area contributed by atoms with Gasteiger partial charge >= 0.3 is 5.97 Å². The fourth-order valence-corrected chi connectivity index (χ4v) is 2.00. The van der Waals surface area contributed by atoms with Gasteiger partial charge in [-0.2, -0.15) is 5.26 Å². The molecule has 0 N–H and O–H groups in total. The summed E-state index contributed by atoms with van der Waals surface area (Å²) in [4.78, 5) is 11.8. The molecular formula is C15H10BrNO2. The zero-order chi connectivity index (χ0) is 13.7. The molecule has 0 aliphatic carbocycles. The van der Waals surface area contributed by atoms with Crippen LogP contribution in [0.15, 0.2) is 53.0 Å². The first-order valence-electron chi connectivity index (χ1n) is 5.61. The molecule has 19 heavy (non-hydrogen) atoms. The van der Waals surface area contributed by atoms with Crippen molar-refractivity contribution in [2.24, 2.45) is 0 Å². The second-order valence-electron chi connectivity index (χ2n) is 3.86. The molecular weight excluding hydrogens is 306 g/mol. The first-order valence-corrected chi connectivity index (χ1v) is 6.40. The number of carbonyl (C=O) groups excluding carboxylic acids is 1. The second kappa shape index (κ2) is 6.17. The molecule has 0 aliphatic rings. The summed E-state index contributed by atoms with van der Waals surface area (Å²) >= 11 is 3.30. The van der Waals surface area contributed by atoms with Gasteiger partial charge in [0, 0.05) is 10.0 Å². The van der Waals surface area contributed by atoms with Gasteiger partial charge in [0.05, 0.1) is 17.2 Å². The highest BCUT2D eigenvalue weighted by Crippen LogP contribution is 2.14. The molecule has 2 rings (SSSR count). The maximum atomic E-state index is 11.8. The van der Waals surface area contributed by atoms with Gasteiger partial charge in [-0.3, -0.25) is 0 Å². The molecule has 0 atom stereocenters. The Morgan fingerprint density at radius 2 is 2.00 bits per heavy atom. The van der Waals surface area contributed by atoms with Gasteiger partial charge in [0.2, 0.25) is 0 Å². The predicted octanol–water partition coefficient (Wildman–Crippen LogP) is 3.68. The first-order chi connectivity index (χ1) is 9.20. The Labute approximate surface area is 119 Å². The Balaban J connectivity index is 2.07. The zero-order valence-electron chi connectivity index (χ0n) is 9.97. The summed E-state index contributed by atoms with van der Waals surface area (Å²) in [5, 5.41) is 8.94. The highest BCUT2D eigenvalue weighted by atomic mass is 79.9. The van der Waals surface area contributed by atoms with Crippen LogP contribution in [-0.2, 0) is 11.3 Å². The number of esters is 1. The molecule has 2 aromatic carbocycles. The number of hydrogen-bond donors (Lipinski definition) is 0. The lowest BCUT2D eigenvalue weighted by Crippen LogP contribution is -2.06. The normalized spacial score (nSPS) is 9.68. The Morgan fingerprint density at radius 3 is 2.74 bits per heavy atom. The van der Waals surface area contributed by atoms with Crippen LogP contribution in [0.3, 0.4) is 0 Å². The molecule has 0 aliphatic heterocycles. The van der Waals surface area contributed by atoms with Crippen molar-refractivity contribution in [2.45, 2.75) is 6.61 Å². The van der Waals surface area contributed by atoms with E-state index in [2.05, 4.69) is 22.0 Å². The van der Waals surface area contributed by atoms with Crippen molar-refractivity contribution in [3.05, 3.63) is 69.7 Å². The lowest BCUT2D eigenvalue weighted by atomic mass is 10.1. The molecule has 0 heterocycles. The number of ether oxygens (including phenoxy) is 1. The van der Waals surface area contributed by atoms with E-state index in [1.807, 2.05) is 12.1 Å². The Bertz CT molecular complexity index is 647. The third-order valence-corrected chi connectivity index (χ3v) is 3.05. The van der Waals surface area contributed by atoms with Gasteiger partial charge in [0.1, 0.15) is 6.61 Å². The average Bonchev–Trinajstić information content (AvgIpc) is 2.45. The molecule has 0 aromatic heterocycles. The molecule has 94 valence electrons. The maximum Gasteiger partial charge on any atom is 0.338 e. The van der Waals surface area contributed by atoms with Crippen molar-refractivity contribution < 1.29 is 9.53 Å². The standard InChI is InChI=1S/C15H10BrNO2/c16-14-7-3-6-11(8-14)15(18)19-10-13-5-2-1-4-12(13)9-17/h1-8H,10H2. The SMILES string of the molecule is N#Cc1ccccc1COC(=O)c1cccc(Br)c1. The molecule has 0 fully saturated rings. The number of hydrogen-bond acceptors (Lipinski definition) is 3. The van der Waals surface area contributed by atoms with Crippen LogP contribution >= 0.6 is 15.9 Å². The minimum Gasteiger partial charge on any atom is -0.457 e. The van der Waals surface area contributed by atoms with E-state index in [1.165, 1.54) is 0 Å². The second-order valence-corrected chi connectivity index (χ2v) is 4.77. The van der Waals surface area contributed by atoms with E-state index in [0.29, 0.717) is 16.7 Å². The third-order valence-electron chi connectivity index (χ3n) is 2.56. The molecule has 4 heteroatoms. The van der Waals surface area contributed by atoms with Crippen LogP contribution in [-0.4, -0.2) is 5.97 Å². The molecule has 0 bridgehead atoms. The monoisotopic (exact) mass is 315 g/mol. The van der Waals surface area contributed by atoms with Crippen molar-refractivity contribution >= 4 is 21.9 Å². The van der Waals surface area contributed by atoms with Gasteiger partial charge in [0.25, 0.3) is 0 Å². The minimum atomic E-state index is -0.408. The van der Waals surface area contributed by atoms with Crippen LogP contribution in [0.25, 0.3) is 0 Å². The van der Waals surface area contributed by atoms with Gasteiger partial charge in [0.15, 0.2) is 0 Å². The van der Waals surface area contributed by atoms with Crippen LogP contribution in [0.4, 0.5) is 0 Å². The summed E-state index contributed by atoms with van der Waals surface area (Å²) in [6.45, 7) is 0.0923. The lowest BCUT2D eigenvalue weighted by Gasteiger charge is -2.06. The maximum absolute atomic E-state index is 11.8. The van der Waals surface area contributed by atoms with Crippen LogP contribution in [0.2, 0.25) is 0 Å². The van der Waals surface area contributed by atoms with Crippen LogP contribution < -0.4 is 0 Å². The predicted molar refractivity (Wildman–Crippen MR) is 74.4 cm³/mol. The number of nitriles is 1. The summed E-state index contributed by atoms with van der Waals surface area (Å²) in [6, 6.07) is 16.1. The molecule has 2 aromatic rings. The van der Waals surface area contributed by atoms with Crippen molar-refractivity contribution in [3.63, 3.8) is 0 Å². The van der Waals surface area contributed by atoms with E-state index in [9.17, 15) is 4.79 Å². The van der Waals surface area contributed by atoms with Gasteiger partial charge in [-0.05, 0) is 24.3 Å². The van der Waals surface area contributed by atoms with Gasteiger partial charge in [-0.15, -0.1) is 0 Å². The highest BCUT2D eigenvalue weighted by Gasteiger charge is 2.09. The zero-order valence-corrected chi connectivity index (χ0v) is 11.6. The van der Waals surface area contributed by atoms with Crippen molar-refractivity contribution in [3.8, 4) is 6.07 Å². The van der Waals surface area contributed by atoms with Gasteiger partial charge in [-0.1, -0.05) is 40.2 Å². The largest absolute Gasteiger partial charge is 0.457 e. The lowest BCUT2D eigenvalue weighted by molar-refractivity contribution is 0.0472. The molecule has 0 unspecified atom stereocenters. The molecule has 0 saturated carbocycles. The van der Waals surface area contributed by atoms with Gasteiger partial charge in [-0.25, -0.2) is 4.79 Å². The van der Waals surface area contributed by atoms with E-state index in [-0.39, 0.29) is 6.61 Å². The van der Waals surface area contributed by atoms with E-state index in [4.69, 9.17) is 10.00 Å². The molecule has 0 radical (unpaired) electrons. The average molecular weight is 316 g/mol. The number of benzene rings is 2. The van der Waals surface area contributed by atoms with E-state index < -0.39 is 5.97 Å². The highest BCUT2D eigenvalue weighted by molar-refractivity contribution is 9.10. The minimum absolute atomic E-state index is 0.0923. The number of halogens is 1. The Morgan fingerprint density at radius 1 is 1.21 bits per heavy atom. The fourth-order valence-electron chi connectivity index (χ4n) is 1.60. The molecule has 0 saturated heterocycles. The van der Waals surface area contributed by atoms with E-state index in [0.717, 1.165) is 4.47 Å².